The lowest BCUT2D eigenvalue weighted by molar-refractivity contribution is -0.145. The zero-order valence-corrected chi connectivity index (χ0v) is 13.6. The molecule has 1 amide bonds. The van der Waals surface area contributed by atoms with Crippen LogP contribution in [0.2, 0.25) is 0 Å². The van der Waals surface area contributed by atoms with Gasteiger partial charge in [0.2, 0.25) is 0 Å². The molecule has 0 saturated carbocycles. The van der Waals surface area contributed by atoms with E-state index in [2.05, 4.69) is 10.3 Å². The van der Waals surface area contributed by atoms with E-state index in [1.807, 2.05) is 31.2 Å². The Morgan fingerprint density at radius 1 is 1.29 bits per heavy atom. The minimum Gasteiger partial charge on any atom is -0.469 e. The highest BCUT2D eigenvalue weighted by Gasteiger charge is 2.21. The monoisotopic (exact) mass is 330 g/mol. The molecule has 0 fully saturated rings. The number of ether oxygens (including phenoxy) is 1. The average Bonchev–Trinajstić information content (AvgIpc) is 2.59. The highest BCUT2D eigenvalue weighted by Crippen LogP contribution is 2.14. The summed E-state index contributed by atoms with van der Waals surface area (Å²) in [6.45, 7) is 2.05. The van der Waals surface area contributed by atoms with E-state index in [9.17, 15) is 14.0 Å². The van der Waals surface area contributed by atoms with Gasteiger partial charge in [0.05, 0.1) is 24.8 Å². The van der Waals surface area contributed by atoms with Gasteiger partial charge in [-0.2, -0.15) is 0 Å². The number of carbonyl (C=O) groups excluding carboxylic acids is 2. The Kier molecular flexibility index (Phi) is 6.01. The van der Waals surface area contributed by atoms with Gasteiger partial charge in [-0.15, -0.1) is 0 Å². The first-order chi connectivity index (χ1) is 11.5. The summed E-state index contributed by atoms with van der Waals surface area (Å²) in [4.78, 5) is 27.7. The lowest BCUT2D eigenvalue weighted by Gasteiger charge is -2.16. The lowest BCUT2D eigenvalue weighted by Crippen LogP contribution is -2.35. The van der Waals surface area contributed by atoms with Gasteiger partial charge in [0, 0.05) is 12.7 Å². The van der Waals surface area contributed by atoms with Gasteiger partial charge in [-0.25, -0.2) is 4.39 Å². The molecule has 2 aromatic rings. The third-order valence-corrected chi connectivity index (χ3v) is 3.74. The number of nitrogens with zero attached hydrogens (tertiary/aromatic N) is 1. The Morgan fingerprint density at radius 2 is 2.04 bits per heavy atom. The van der Waals surface area contributed by atoms with E-state index in [1.165, 1.54) is 13.3 Å². The number of pyridine rings is 1. The summed E-state index contributed by atoms with van der Waals surface area (Å²) in [5, 5.41) is 2.63. The molecule has 6 heteroatoms. The van der Waals surface area contributed by atoms with Gasteiger partial charge < -0.3 is 10.1 Å². The van der Waals surface area contributed by atoms with Crippen molar-refractivity contribution >= 4 is 11.9 Å². The van der Waals surface area contributed by atoms with Crippen LogP contribution >= 0.6 is 0 Å². The van der Waals surface area contributed by atoms with Crippen LogP contribution in [0.4, 0.5) is 4.39 Å². The number of esters is 1. The fraction of sp³-hybridized carbons (Fsp3) is 0.278. The van der Waals surface area contributed by atoms with Crippen molar-refractivity contribution in [1.82, 2.24) is 10.3 Å². The molecule has 126 valence electrons. The van der Waals surface area contributed by atoms with E-state index < -0.39 is 23.6 Å². The predicted molar refractivity (Wildman–Crippen MR) is 86.9 cm³/mol. The first-order valence-corrected chi connectivity index (χ1v) is 7.52. The predicted octanol–water partition coefficient (Wildman–Crippen LogP) is 2.29. The molecule has 0 aliphatic carbocycles. The van der Waals surface area contributed by atoms with Crippen LogP contribution in [0.1, 0.15) is 21.5 Å². The molecule has 0 radical (unpaired) electrons. The second-order valence-corrected chi connectivity index (χ2v) is 5.45. The summed E-state index contributed by atoms with van der Waals surface area (Å²) in [5.41, 5.74) is 2.18. The Labute approximate surface area is 139 Å². The molecule has 0 aliphatic heterocycles. The van der Waals surface area contributed by atoms with Crippen LogP contribution in [-0.2, 0) is 16.0 Å². The summed E-state index contributed by atoms with van der Waals surface area (Å²) in [6, 6.07) is 8.81. The summed E-state index contributed by atoms with van der Waals surface area (Å²) in [6.07, 6.45) is 2.74. The maximum absolute atomic E-state index is 13.1. The minimum absolute atomic E-state index is 0.0936. The van der Waals surface area contributed by atoms with E-state index in [4.69, 9.17) is 4.74 Å². The summed E-state index contributed by atoms with van der Waals surface area (Å²) >= 11 is 0. The van der Waals surface area contributed by atoms with E-state index in [0.29, 0.717) is 6.42 Å². The van der Waals surface area contributed by atoms with Crippen LogP contribution in [0.5, 0.6) is 0 Å². The number of aromatic nitrogens is 1. The summed E-state index contributed by atoms with van der Waals surface area (Å²) in [7, 11) is 1.31. The maximum atomic E-state index is 13.1. The van der Waals surface area contributed by atoms with Crippen molar-refractivity contribution in [2.24, 2.45) is 5.92 Å². The van der Waals surface area contributed by atoms with E-state index in [1.54, 1.807) is 0 Å². The van der Waals surface area contributed by atoms with Crippen molar-refractivity contribution in [3.8, 4) is 0 Å². The zero-order chi connectivity index (χ0) is 17.5. The van der Waals surface area contributed by atoms with Crippen LogP contribution in [-0.4, -0.2) is 30.5 Å². The fourth-order valence-corrected chi connectivity index (χ4v) is 2.36. The first-order valence-electron chi connectivity index (χ1n) is 7.52. The number of amides is 1. The second-order valence-electron chi connectivity index (χ2n) is 5.45. The quantitative estimate of drug-likeness (QED) is 0.825. The van der Waals surface area contributed by atoms with Crippen LogP contribution in [0, 0.1) is 18.7 Å². The molecule has 0 aliphatic rings. The number of rotatable bonds is 6. The number of methoxy groups -OCH3 is 1. The van der Waals surface area contributed by atoms with Gasteiger partial charge in [-0.1, -0.05) is 24.3 Å². The molecule has 0 saturated heterocycles. The van der Waals surface area contributed by atoms with E-state index in [-0.39, 0.29) is 12.1 Å². The van der Waals surface area contributed by atoms with Gasteiger partial charge in [0.15, 0.2) is 0 Å². The normalized spacial score (nSPS) is 11.6. The molecule has 2 rings (SSSR count). The van der Waals surface area contributed by atoms with Crippen molar-refractivity contribution in [1.29, 1.82) is 0 Å². The Balaban J connectivity index is 2.05. The lowest BCUT2D eigenvalue weighted by atomic mass is 9.96. The van der Waals surface area contributed by atoms with E-state index in [0.717, 1.165) is 23.4 Å². The number of halogens is 1. The molecule has 1 atom stereocenters. The smallest absolute Gasteiger partial charge is 0.310 e. The van der Waals surface area contributed by atoms with Crippen molar-refractivity contribution in [3.63, 3.8) is 0 Å². The topological polar surface area (TPSA) is 68.3 Å². The third-order valence-electron chi connectivity index (χ3n) is 3.74. The van der Waals surface area contributed by atoms with Crippen LogP contribution in [0.15, 0.2) is 42.7 Å². The molecule has 0 unspecified atom stereocenters. The summed E-state index contributed by atoms with van der Waals surface area (Å²) in [5.74, 6) is -2.01. The number of carbonyl (C=O) groups is 2. The van der Waals surface area contributed by atoms with Gasteiger partial charge in [0.1, 0.15) is 5.82 Å². The Morgan fingerprint density at radius 3 is 2.71 bits per heavy atom. The Bertz CT molecular complexity index is 734. The van der Waals surface area contributed by atoms with E-state index >= 15 is 0 Å². The highest BCUT2D eigenvalue weighted by molar-refractivity contribution is 5.94. The van der Waals surface area contributed by atoms with Crippen molar-refractivity contribution in [2.75, 3.05) is 13.7 Å². The Hall–Kier alpha value is -2.76. The number of benzene rings is 1. The minimum atomic E-state index is -0.591. The highest BCUT2D eigenvalue weighted by atomic mass is 19.1. The molecule has 1 heterocycles. The average molecular weight is 330 g/mol. The fourth-order valence-electron chi connectivity index (χ4n) is 2.36. The van der Waals surface area contributed by atoms with Crippen LogP contribution < -0.4 is 5.32 Å². The molecular formula is C18H19FN2O3. The van der Waals surface area contributed by atoms with Crippen molar-refractivity contribution < 1.29 is 18.7 Å². The molecule has 1 aromatic heterocycles. The third kappa shape index (κ3) is 4.62. The van der Waals surface area contributed by atoms with Crippen LogP contribution in [0.25, 0.3) is 0 Å². The first kappa shape index (κ1) is 17.6. The van der Waals surface area contributed by atoms with Gasteiger partial charge in [-0.3, -0.25) is 14.6 Å². The zero-order valence-electron chi connectivity index (χ0n) is 13.6. The van der Waals surface area contributed by atoms with Gasteiger partial charge in [0.25, 0.3) is 5.91 Å². The van der Waals surface area contributed by atoms with Crippen molar-refractivity contribution in [3.05, 3.63) is 65.2 Å². The van der Waals surface area contributed by atoms with Gasteiger partial charge in [-0.05, 0) is 30.5 Å². The summed E-state index contributed by atoms with van der Waals surface area (Å²) < 4.78 is 17.9. The number of nitrogens with one attached hydrogen (secondary N) is 1. The largest absolute Gasteiger partial charge is 0.469 e. The molecule has 1 N–H and O–H groups in total. The molecule has 5 nitrogen and oxygen atoms in total. The molecular weight excluding hydrogens is 311 g/mol. The maximum Gasteiger partial charge on any atom is 0.310 e. The molecule has 0 bridgehead atoms. The standard InChI is InChI=1S/C18H19FN2O3/c1-12-5-3-4-6-13(12)7-15(18(23)24-2)10-21-17(22)14-8-16(19)11-20-9-14/h3-6,8-9,11,15H,7,10H2,1-2H3,(H,21,22)/t15-/m0/s1. The number of hydrogen-bond acceptors (Lipinski definition) is 4. The second kappa shape index (κ2) is 8.19. The SMILES string of the molecule is COC(=O)[C@H](CNC(=O)c1cncc(F)c1)Cc1ccccc1C. The molecule has 24 heavy (non-hydrogen) atoms. The molecule has 1 aromatic carbocycles. The number of hydrogen-bond donors (Lipinski definition) is 1. The van der Waals surface area contributed by atoms with Crippen LogP contribution in [0.3, 0.4) is 0 Å². The molecule has 0 spiro atoms. The van der Waals surface area contributed by atoms with Crippen molar-refractivity contribution in [2.45, 2.75) is 13.3 Å². The van der Waals surface area contributed by atoms with Gasteiger partial charge >= 0.3 is 5.97 Å². The number of aryl methyl sites for hydroxylation is 1.